The summed E-state index contributed by atoms with van der Waals surface area (Å²) in [7, 11) is 0. The Morgan fingerprint density at radius 3 is 2.69 bits per heavy atom. The topological polar surface area (TPSA) is 30.7 Å². The second-order valence-electron chi connectivity index (χ2n) is 3.06. The summed E-state index contributed by atoms with van der Waals surface area (Å²) in [4.78, 5) is 4.33. The second-order valence-corrected chi connectivity index (χ2v) is 5.09. The zero-order valence-electron chi connectivity index (χ0n) is 8.12. The van der Waals surface area contributed by atoms with Gasteiger partial charge in [-0.2, -0.15) is 9.19 Å². The van der Waals surface area contributed by atoms with Crippen molar-refractivity contribution in [3.63, 3.8) is 0 Å². The molecule has 0 aromatic carbocycles. The average molecular weight is 367 g/mol. The van der Waals surface area contributed by atoms with E-state index in [4.69, 9.17) is 0 Å². The molecule has 2 aromatic heterocycles. The van der Waals surface area contributed by atoms with Crippen LogP contribution in [0.2, 0.25) is 0 Å². The van der Waals surface area contributed by atoms with Gasteiger partial charge in [0.15, 0.2) is 12.3 Å². The third-order valence-corrected chi connectivity index (χ3v) is 4.59. The highest BCUT2D eigenvalue weighted by Crippen LogP contribution is 2.35. The lowest BCUT2D eigenvalue weighted by Crippen LogP contribution is -1.89. The van der Waals surface area contributed by atoms with E-state index in [1.807, 2.05) is 25.1 Å². The van der Waals surface area contributed by atoms with E-state index in [0.717, 1.165) is 9.78 Å². The van der Waals surface area contributed by atoms with Gasteiger partial charge < -0.3 is 0 Å². The van der Waals surface area contributed by atoms with Crippen LogP contribution in [0, 0.1) is 6.92 Å². The number of nitrogens with zero attached hydrogens (tertiary/aromatic N) is 3. The summed E-state index contributed by atoms with van der Waals surface area (Å²) in [5.74, 6) is 0. The number of hydrogen-bond donors (Lipinski definition) is 0. The summed E-state index contributed by atoms with van der Waals surface area (Å²) >= 11 is 6.63. The summed E-state index contributed by atoms with van der Waals surface area (Å²) in [6.07, 6.45) is 0. The van der Waals surface area contributed by atoms with Gasteiger partial charge in [0.1, 0.15) is 10.3 Å². The lowest BCUT2D eigenvalue weighted by atomic mass is 10.2. The summed E-state index contributed by atoms with van der Waals surface area (Å²) in [6, 6.07) is 5.62. The lowest BCUT2D eigenvalue weighted by Gasteiger charge is -1.97. The van der Waals surface area contributed by atoms with Crippen molar-refractivity contribution >= 4 is 44.2 Å². The molecule has 0 radical (unpaired) electrons. The van der Waals surface area contributed by atoms with Crippen LogP contribution in [0.15, 0.2) is 27.3 Å². The molecular formula is C9H6Br2FN3S. The number of aromatic nitrogens is 3. The van der Waals surface area contributed by atoms with Gasteiger partial charge in [0.25, 0.3) is 0 Å². The van der Waals surface area contributed by atoms with E-state index >= 15 is 0 Å². The molecule has 0 saturated heterocycles. The van der Waals surface area contributed by atoms with Crippen LogP contribution in [0.4, 0.5) is 3.89 Å². The third kappa shape index (κ3) is 2.16. The van der Waals surface area contributed by atoms with Gasteiger partial charge in [-0.05, 0) is 50.9 Å². The molecule has 2 rings (SSSR count). The van der Waals surface area contributed by atoms with Crippen LogP contribution in [-0.4, -0.2) is 14.2 Å². The van der Waals surface area contributed by atoms with Crippen molar-refractivity contribution in [1.29, 1.82) is 0 Å². The molecule has 0 N–H and O–H groups in total. The molecule has 2 aromatic rings. The van der Waals surface area contributed by atoms with E-state index in [2.05, 4.69) is 41.9 Å². The molecule has 0 saturated carbocycles. The SMILES string of the molecule is Cc1cccc(-c2nn(SF)c(Br)c2Br)n1. The Bertz CT molecular complexity index is 529. The minimum atomic E-state index is 0.0302. The first-order valence-corrected chi connectivity index (χ1v) is 6.56. The summed E-state index contributed by atoms with van der Waals surface area (Å²) in [5.41, 5.74) is 2.21. The second kappa shape index (κ2) is 4.85. The first-order chi connectivity index (χ1) is 7.63. The van der Waals surface area contributed by atoms with Gasteiger partial charge in [-0.1, -0.05) is 6.07 Å². The van der Waals surface area contributed by atoms with Crippen molar-refractivity contribution in [1.82, 2.24) is 14.2 Å². The van der Waals surface area contributed by atoms with E-state index in [1.165, 1.54) is 0 Å². The van der Waals surface area contributed by atoms with Gasteiger partial charge in [0.2, 0.25) is 0 Å². The van der Waals surface area contributed by atoms with Crippen molar-refractivity contribution < 1.29 is 3.89 Å². The molecule has 16 heavy (non-hydrogen) atoms. The maximum atomic E-state index is 12.5. The van der Waals surface area contributed by atoms with Gasteiger partial charge in [-0.3, -0.25) is 4.98 Å². The minimum Gasteiger partial charge on any atom is -0.251 e. The first kappa shape index (κ1) is 12.1. The van der Waals surface area contributed by atoms with Crippen LogP contribution in [0.1, 0.15) is 5.69 Å². The quantitative estimate of drug-likeness (QED) is 0.799. The van der Waals surface area contributed by atoms with Crippen LogP contribution in [0.5, 0.6) is 0 Å². The van der Waals surface area contributed by atoms with Gasteiger partial charge in [0, 0.05) is 5.69 Å². The van der Waals surface area contributed by atoms with Crippen LogP contribution in [0.25, 0.3) is 11.4 Å². The first-order valence-electron chi connectivity index (χ1n) is 4.30. The largest absolute Gasteiger partial charge is 0.251 e. The highest BCUT2D eigenvalue weighted by atomic mass is 79.9. The standard InChI is InChI=1S/C9H6Br2FN3S/c1-5-3-2-4-6(13-5)8-7(10)9(11)15(14-8)16-12/h2-4H,1H3. The Balaban J connectivity index is 2.56. The number of rotatable bonds is 2. The molecular weight excluding hydrogens is 361 g/mol. The highest BCUT2D eigenvalue weighted by molar-refractivity contribution is 9.13. The molecule has 0 spiro atoms. The van der Waals surface area contributed by atoms with Crippen molar-refractivity contribution in [2.24, 2.45) is 0 Å². The van der Waals surface area contributed by atoms with E-state index in [-0.39, 0.29) is 12.3 Å². The summed E-state index contributed by atoms with van der Waals surface area (Å²) < 4.78 is 14.9. The maximum Gasteiger partial charge on any atom is 0.188 e. The highest BCUT2D eigenvalue weighted by Gasteiger charge is 2.16. The average Bonchev–Trinajstić information content (AvgIpc) is 2.56. The third-order valence-electron chi connectivity index (χ3n) is 1.94. The van der Waals surface area contributed by atoms with Crippen LogP contribution < -0.4 is 0 Å². The predicted octanol–water partition coefficient (Wildman–Crippen LogP) is 4.16. The van der Waals surface area contributed by atoms with Gasteiger partial charge in [-0.25, -0.2) is 0 Å². The smallest absolute Gasteiger partial charge is 0.188 e. The number of pyridine rings is 1. The fourth-order valence-corrected chi connectivity index (χ4v) is 2.51. The van der Waals surface area contributed by atoms with Crippen molar-refractivity contribution in [2.45, 2.75) is 6.92 Å². The zero-order chi connectivity index (χ0) is 11.7. The Labute approximate surface area is 113 Å². The van der Waals surface area contributed by atoms with Gasteiger partial charge in [-0.15, -0.1) is 3.89 Å². The van der Waals surface area contributed by atoms with Gasteiger partial charge >= 0.3 is 0 Å². The molecule has 2 heterocycles. The van der Waals surface area contributed by atoms with E-state index < -0.39 is 0 Å². The lowest BCUT2D eigenvalue weighted by molar-refractivity contribution is 0.870. The summed E-state index contributed by atoms with van der Waals surface area (Å²) in [5, 5.41) is 4.09. The molecule has 0 atom stereocenters. The molecule has 7 heteroatoms. The Hall–Kier alpha value is -0.400. The molecule has 0 aliphatic rings. The van der Waals surface area contributed by atoms with Gasteiger partial charge in [0.05, 0.1) is 10.2 Å². The normalized spacial score (nSPS) is 10.8. The van der Waals surface area contributed by atoms with Crippen molar-refractivity contribution in [3.05, 3.63) is 33.0 Å². The Morgan fingerprint density at radius 1 is 1.38 bits per heavy atom. The maximum absolute atomic E-state index is 12.5. The molecule has 0 fully saturated rings. The summed E-state index contributed by atoms with van der Waals surface area (Å²) in [6.45, 7) is 1.90. The van der Waals surface area contributed by atoms with Crippen LogP contribution in [-0.2, 0) is 0 Å². The van der Waals surface area contributed by atoms with E-state index in [9.17, 15) is 3.89 Å². The Morgan fingerprint density at radius 2 is 2.12 bits per heavy atom. The fraction of sp³-hybridized carbons (Fsp3) is 0.111. The monoisotopic (exact) mass is 365 g/mol. The molecule has 0 aliphatic heterocycles. The van der Waals surface area contributed by atoms with Crippen LogP contribution in [0.3, 0.4) is 0 Å². The molecule has 0 amide bonds. The molecule has 84 valence electrons. The Kier molecular flexibility index (Phi) is 3.66. The molecule has 0 unspecified atom stereocenters. The molecule has 0 aliphatic carbocycles. The molecule has 0 bridgehead atoms. The predicted molar refractivity (Wildman–Crippen MR) is 69.7 cm³/mol. The van der Waals surface area contributed by atoms with Crippen LogP contribution >= 0.6 is 44.2 Å². The van der Waals surface area contributed by atoms with Crippen molar-refractivity contribution in [3.8, 4) is 11.4 Å². The number of aryl methyl sites for hydroxylation is 1. The van der Waals surface area contributed by atoms with E-state index in [0.29, 0.717) is 20.5 Å². The number of halogens is 3. The fourth-order valence-electron chi connectivity index (χ4n) is 1.24. The molecule has 3 nitrogen and oxygen atoms in total. The minimum absolute atomic E-state index is 0.0302. The van der Waals surface area contributed by atoms with Crippen molar-refractivity contribution in [2.75, 3.05) is 0 Å². The van der Waals surface area contributed by atoms with E-state index in [1.54, 1.807) is 0 Å². The zero-order valence-corrected chi connectivity index (χ0v) is 12.1. The number of hydrogen-bond acceptors (Lipinski definition) is 3.